The number of methoxy groups -OCH3 is 1. The van der Waals surface area contributed by atoms with E-state index in [9.17, 15) is 19.7 Å². The number of ether oxygens (including phenoxy) is 1. The van der Waals surface area contributed by atoms with Crippen LogP contribution in [0.5, 0.6) is 5.75 Å². The van der Waals surface area contributed by atoms with Crippen LogP contribution in [-0.2, 0) is 4.79 Å². The van der Waals surface area contributed by atoms with Gasteiger partial charge in [-0.1, -0.05) is 11.8 Å². The first kappa shape index (κ1) is 17.5. The number of H-pyrrole nitrogens is 1. The van der Waals surface area contributed by atoms with Gasteiger partial charge in [0, 0.05) is 23.9 Å². The van der Waals surface area contributed by atoms with Crippen molar-refractivity contribution in [2.75, 3.05) is 18.2 Å². The predicted octanol–water partition coefficient (Wildman–Crippen LogP) is 1.73. The Morgan fingerprint density at radius 1 is 1.46 bits per heavy atom. The zero-order valence-corrected chi connectivity index (χ0v) is 13.7. The smallest absolute Gasteiger partial charge is 0.271 e. The standard InChI is InChI=1S/C14H14N4O5S/c1-8-5-12(19)17-14(15-8)24-7-13(20)16-10-6-9(18(21)22)3-4-11(10)23-2/h3-6H,7H2,1-2H3,(H,16,20)(H,15,17,19). The highest BCUT2D eigenvalue weighted by atomic mass is 32.2. The van der Waals surface area contributed by atoms with Gasteiger partial charge in [0.2, 0.25) is 5.91 Å². The number of benzene rings is 1. The van der Waals surface area contributed by atoms with Crippen LogP contribution >= 0.6 is 11.8 Å². The van der Waals surface area contributed by atoms with Crippen LogP contribution in [0.15, 0.2) is 34.2 Å². The molecule has 0 aliphatic heterocycles. The number of thioether (sulfide) groups is 1. The number of carbonyl (C=O) groups is 1. The van der Waals surface area contributed by atoms with Gasteiger partial charge in [0.1, 0.15) is 5.75 Å². The van der Waals surface area contributed by atoms with E-state index in [4.69, 9.17) is 4.74 Å². The number of aromatic nitrogens is 2. The lowest BCUT2D eigenvalue weighted by Crippen LogP contribution is -2.16. The Bertz CT molecular complexity index is 836. The molecule has 1 aromatic carbocycles. The molecule has 10 heteroatoms. The zero-order valence-electron chi connectivity index (χ0n) is 12.9. The molecule has 0 aliphatic rings. The van der Waals surface area contributed by atoms with Crippen LogP contribution in [0.25, 0.3) is 0 Å². The van der Waals surface area contributed by atoms with E-state index in [0.29, 0.717) is 16.6 Å². The first-order valence-corrected chi connectivity index (χ1v) is 7.70. The molecule has 2 aromatic rings. The summed E-state index contributed by atoms with van der Waals surface area (Å²) >= 11 is 1.05. The summed E-state index contributed by atoms with van der Waals surface area (Å²) in [6.45, 7) is 1.67. The molecule has 126 valence electrons. The molecule has 9 nitrogen and oxygen atoms in total. The zero-order chi connectivity index (χ0) is 17.7. The van der Waals surface area contributed by atoms with Crippen molar-refractivity contribution in [2.24, 2.45) is 0 Å². The Hall–Kier alpha value is -2.88. The maximum Gasteiger partial charge on any atom is 0.271 e. The number of rotatable bonds is 6. The van der Waals surface area contributed by atoms with Gasteiger partial charge < -0.3 is 15.0 Å². The van der Waals surface area contributed by atoms with Gasteiger partial charge in [-0.3, -0.25) is 19.7 Å². The molecule has 0 bridgehead atoms. The summed E-state index contributed by atoms with van der Waals surface area (Å²) in [5, 5.41) is 13.7. The third-order valence-corrected chi connectivity index (χ3v) is 3.73. The molecular formula is C14H14N4O5S. The minimum atomic E-state index is -0.564. The monoisotopic (exact) mass is 350 g/mol. The number of anilines is 1. The number of aryl methyl sites for hydroxylation is 1. The average molecular weight is 350 g/mol. The van der Waals surface area contributed by atoms with E-state index in [-0.39, 0.29) is 22.7 Å². The molecule has 0 saturated heterocycles. The van der Waals surface area contributed by atoms with E-state index in [0.717, 1.165) is 11.8 Å². The number of amides is 1. The molecule has 2 N–H and O–H groups in total. The van der Waals surface area contributed by atoms with Gasteiger partial charge in [-0.2, -0.15) is 0 Å². The van der Waals surface area contributed by atoms with Crippen molar-refractivity contribution >= 4 is 29.0 Å². The summed E-state index contributed by atoms with van der Waals surface area (Å²) in [7, 11) is 1.40. The number of nitro groups is 1. The lowest BCUT2D eigenvalue weighted by Gasteiger charge is -2.09. The van der Waals surface area contributed by atoms with Gasteiger partial charge in [-0.15, -0.1) is 0 Å². The van der Waals surface area contributed by atoms with Crippen molar-refractivity contribution in [3.63, 3.8) is 0 Å². The second-order valence-electron chi connectivity index (χ2n) is 4.67. The molecule has 1 amide bonds. The molecule has 0 atom stereocenters. The van der Waals surface area contributed by atoms with E-state index in [1.54, 1.807) is 6.92 Å². The van der Waals surface area contributed by atoms with Gasteiger partial charge in [0.15, 0.2) is 5.16 Å². The van der Waals surface area contributed by atoms with Crippen molar-refractivity contribution in [1.29, 1.82) is 0 Å². The van der Waals surface area contributed by atoms with Crippen LogP contribution < -0.4 is 15.6 Å². The van der Waals surface area contributed by atoms with E-state index >= 15 is 0 Å². The van der Waals surface area contributed by atoms with E-state index in [1.807, 2.05) is 0 Å². The van der Waals surface area contributed by atoms with Crippen molar-refractivity contribution in [3.05, 3.63) is 50.4 Å². The van der Waals surface area contributed by atoms with Crippen molar-refractivity contribution < 1.29 is 14.5 Å². The minimum absolute atomic E-state index is 0.0295. The Kier molecular flexibility index (Phi) is 5.53. The van der Waals surface area contributed by atoms with Crippen molar-refractivity contribution in [1.82, 2.24) is 9.97 Å². The second kappa shape index (κ2) is 7.59. The van der Waals surface area contributed by atoms with Gasteiger partial charge in [0.05, 0.1) is 23.5 Å². The topological polar surface area (TPSA) is 127 Å². The fourth-order valence-corrected chi connectivity index (χ4v) is 2.57. The normalized spacial score (nSPS) is 10.2. The molecule has 0 spiro atoms. The van der Waals surface area contributed by atoms with Gasteiger partial charge >= 0.3 is 0 Å². The highest BCUT2D eigenvalue weighted by Gasteiger charge is 2.14. The SMILES string of the molecule is COc1ccc([N+](=O)[O-])cc1NC(=O)CSc1nc(C)cc(=O)[nH]1. The molecule has 0 unspecified atom stereocenters. The molecule has 0 radical (unpaired) electrons. The summed E-state index contributed by atoms with van der Waals surface area (Å²) in [6.07, 6.45) is 0. The Morgan fingerprint density at radius 2 is 2.21 bits per heavy atom. The molecule has 0 saturated carbocycles. The van der Waals surface area contributed by atoms with Crippen LogP contribution in [0.3, 0.4) is 0 Å². The van der Waals surface area contributed by atoms with Gasteiger partial charge in [0.25, 0.3) is 11.2 Å². The fraction of sp³-hybridized carbons (Fsp3) is 0.214. The number of non-ortho nitro benzene ring substituents is 1. The Labute approximate surface area is 140 Å². The summed E-state index contributed by atoms with van der Waals surface area (Å²) in [6, 6.07) is 5.25. The number of aromatic amines is 1. The van der Waals surface area contributed by atoms with Crippen LogP contribution in [-0.4, -0.2) is 33.7 Å². The van der Waals surface area contributed by atoms with Gasteiger partial charge in [-0.25, -0.2) is 4.98 Å². The van der Waals surface area contributed by atoms with Crippen molar-refractivity contribution in [3.8, 4) is 5.75 Å². The highest BCUT2D eigenvalue weighted by molar-refractivity contribution is 7.99. The lowest BCUT2D eigenvalue weighted by molar-refractivity contribution is -0.384. The van der Waals surface area contributed by atoms with Gasteiger partial charge in [-0.05, 0) is 13.0 Å². The summed E-state index contributed by atoms with van der Waals surface area (Å²) in [5.74, 6) is -0.137. The molecule has 1 aromatic heterocycles. The average Bonchev–Trinajstić information content (AvgIpc) is 2.52. The Morgan fingerprint density at radius 3 is 2.83 bits per heavy atom. The first-order chi connectivity index (χ1) is 11.4. The summed E-state index contributed by atoms with van der Waals surface area (Å²) in [5.41, 5.74) is 0.277. The molecule has 1 heterocycles. The number of hydrogen-bond donors (Lipinski definition) is 2. The van der Waals surface area contributed by atoms with Crippen molar-refractivity contribution in [2.45, 2.75) is 12.1 Å². The number of nitro benzene ring substituents is 1. The van der Waals surface area contributed by atoms with Crippen LogP contribution in [0.4, 0.5) is 11.4 Å². The second-order valence-corrected chi connectivity index (χ2v) is 5.63. The number of carbonyl (C=O) groups excluding carboxylic acids is 1. The lowest BCUT2D eigenvalue weighted by atomic mass is 10.2. The highest BCUT2D eigenvalue weighted by Crippen LogP contribution is 2.29. The number of nitrogens with zero attached hydrogens (tertiary/aromatic N) is 2. The number of nitrogens with one attached hydrogen (secondary N) is 2. The van der Waals surface area contributed by atoms with Crippen LogP contribution in [0.2, 0.25) is 0 Å². The van der Waals surface area contributed by atoms with Crippen LogP contribution in [0.1, 0.15) is 5.69 Å². The molecular weight excluding hydrogens is 336 g/mol. The summed E-state index contributed by atoms with van der Waals surface area (Å²) < 4.78 is 5.07. The third kappa shape index (κ3) is 4.56. The number of hydrogen-bond acceptors (Lipinski definition) is 7. The maximum absolute atomic E-state index is 12.0. The molecule has 24 heavy (non-hydrogen) atoms. The van der Waals surface area contributed by atoms with E-state index in [1.165, 1.54) is 31.4 Å². The van der Waals surface area contributed by atoms with E-state index < -0.39 is 10.8 Å². The first-order valence-electron chi connectivity index (χ1n) is 6.72. The Balaban J connectivity index is 2.07. The van der Waals surface area contributed by atoms with E-state index in [2.05, 4.69) is 15.3 Å². The predicted molar refractivity (Wildman–Crippen MR) is 88.6 cm³/mol. The summed E-state index contributed by atoms with van der Waals surface area (Å²) in [4.78, 5) is 40.2. The largest absolute Gasteiger partial charge is 0.495 e. The quantitative estimate of drug-likeness (QED) is 0.351. The maximum atomic E-state index is 12.0. The molecule has 0 aliphatic carbocycles. The molecule has 0 fully saturated rings. The van der Waals surface area contributed by atoms with Crippen LogP contribution in [0, 0.1) is 17.0 Å². The minimum Gasteiger partial charge on any atom is -0.495 e. The molecule has 2 rings (SSSR count). The fourth-order valence-electron chi connectivity index (χ4n) is 1.85. The third-order valence-electron chi connectivity index (χ3n) is 2.86.